The molecule has 1 aromatic rings. The van der Waals surface area contributed by atoms with Crippen LogP contribution in [0, 0.1) is 0 Å². The third-order valence-corrected chi connectivity index (χ3v) is 5.35. The van der Waals surface area contributed by atoms with Crippen LogP contribution in [0.3, 0.4) is 0 Å². The fourth-order valence-corrected chi connectivity index (χ4v) is 4.07. The molecular weight excluding hydrogens is 468 g/mol. The third-order valence-electron chi connectivity index (χ3n) is 4.22. The standard InChI is InChI=1S/C17H24N4O9S2/c1-11(22)19-15-14(20-21-18)16(30-32(3,25)26)13(10-28-31(2,23)24)29-17(15)27-9-12-7-5-4-6-8-12/h4-8,13-17H,9-10H2,1-3H3,(H,19,22)/t13-,14-,15-,16+,17+/m1/s1. The van der Waals surface area contributed by atoms with Gasteiger partial charge in [-0.3, -0.25) is 13.2 Å². The Labute approximate surface area is 185 Å². The van der Waals surface area contributed by atoms with Crippen LogP contribution in [0.15, 0.2) is 35.4 Å². The largest absolute Gasteiger partial charge is 0.348 e. The first kappa shape index (κ1) is 26.0. The van der Waals surface area contributed by atoms with Gasteiger partial charge in [0.05, 0.1) is 37.8 Å². The molecule has 1 amide bonds. The van der Waals surface area contributed by atoms with E-state index in [1.54, 1.807) is 24.3 Å². The molecule has 1 saturated heterocycles. The normalized spacial score (nSPS) is 26.2. The minimum absolute atomic E-state index is 0.0296. The molecule has 1 aliphatic rings. The van der Waals surface area contributed by atoms with E-state index in [-0.39, 0.29) is 6.61 Å². The molecule has 1 N–H and O–H groups in total. The predicted octanol–water partition coefficient (Wildman–Crippen LogP) is 0.433. The summed E-state index contributed by atoms with van der Waals surface area (Å²) in [6, 6.07) is 6.46. The van der Waals surface area contributed by atoms with E-state index in [9.17, 15) is 21.6 Å². The van der Waals surface area contributed by atoms with Gasteiger partial charge in [0, 0.05) is 11.8 Å². The first-order valence-corrected chi connectivity index (χ1v) is 12.9. The number of carbonyl (C=O) groups excluding carboxylic acids is 1. The summed E-state index contributed by atoms with van der Waals surface area (Å²) in [6.45, 7) is 0.586. The van der Waals surface area contributed by atoms with Gasteiger partial charge in [-0.15, -0.1) is 0 Å². The molecule has 15 heteroatoms. The van der Waals surface area contributed by atoms with E-state index in [0.29, 0.717) is 0 Å². The molecule has 5 atom stereocenters. The molecule has 178 valence electrons. The lowest BCUT2D eigenvalue weighted by Gasteiger charge is -2.44. The lowest BCUT2D eigenvalue weighted by atomic mass is 9.94. The van der Waals surface area contributed by atoms with Crippen molar-refractivity contribution >= 4 is 26.1 Å². The van der Waals surface area contributed by atoms with Crippen molar-refractivity contribution in [2.45, 2.75) is 44.1 Å². The van der Waals surface area contributed by atoms with Crippen molar-refractivity contribution in [2.75, 3.05) is 19.1 Å². The Morgan fingerprint density at radius 2 is 1.84 bits per heavy atom. The maximum Gasteiger partial charge on any atom is 0.264 e. The van der Waals surface area contributed by atoms with E-state index in [1.807, 2.05) is 6.07 Å². The molecule has 1 fully saturated rings. The van der Waals surface area contributed by atoms with Crippen LogP contribution in [0.25, 0.3) is 10.4 Å². The summed E-state index contributed by atoms with van der Waals surface area (Å²) in [5, 5.41) is 6.12. The fraction of sp³-hybridized carbons (Fsp3) is 0.588. The summed E-state index contributed by atoms with van der Waals surface area (Å²) in [5.74, 6) is -0.533. The van der Waals surface area contributed by atoms with Gasteiger partial charge in [-0.2, -0.15) is 16.8 Å². The molecule has 0 bridgehead atoms. The Morgan fingerprint density at radius 1 is 1.19 bits per heavy atom. The van der Waals surface area contributed by atoms with Crippen molar-refractivity contribution in [2.24, 2.45) is 5.11 Å². The van der Waals surface area contributed by atoms with Crippen LogP contribution in [-0.2, 0) is 49.5 Å². The highest BCUT2D eigenvalue weighted by Crippen LogP contribution is 2.29. The molecule has 0 aromatic heterocycles. The molecule has 1 heterocycles. The number of amides is 1. The molecule has 0 saturated carbocycles. The number of carbonyl (C=O) groups is 1. The molecule has 1 aromatic carbocycles. The van der Waals surface area contributed by atoms with Crippen LogP contribution in [-0.4, -0.2) is 72.4 Å². The Kier molecular flexibility index (Phi) is 8.98. The predicted molar refractivity (Wildman–Crippen MR) is 111 cm³/mol. The van der Waals surface area contributed by atoms with Gasteiger partial charge in [-0.05, 0) is 11.1 Å². The summed E-state index contributed by atoms with van der Waals surface area (Å²) in [5.41, 5.74) is 9.82. The number of benzene rings is 1. The number of hydrogen-bond donors (Lipinski definition) is 1. The van der Waals surface area contributed by atoms with Gasteiger partial charge < -0.3 is 14.8 Å². The molecule has 13 nitrogen and oxygen atoms in total. The molecule has 1 aliphatic heterocycles. The first-order valence-electron chi connectivity index (χ1n) is 9.24. The van der Waals surface area contributed by atoms with Gasteiger partial charge in [0.25, 0.3) is 20.2 Å². The molecule has 0 aliphatic carbocycles. The van der Waals surface area contributed by atoms with Gasteiger partial charge in [-0.1, -0.05) is 35.4 Å². The van der Waals surface area contributed by atoms with Crippen LogP contribution >= 0.6 is 0 Å². The van der Waals surface area contributed by atoms with Gasteiger partial charge in [0.1, 0.15) is 12.2 Å². The molecular formula is C17H24N4O9S2. The van der Waals surface area contributed by atoms with E-state index < -0.39 is 63.3 Å². The molecule has 0 radical (unpaired) electrons. The van der Waals surface area contributed by atoms with E-state index in [0.717, 1.165) is 18.1 Å². The average molecular weight is 493 g/mol. The van der Waals surface area contributed by atoms with Crippen LogP contribution < -0.4 is 5.32 Å². The van der Waals surface area contributed by atoms with Crippen molar-refractivity contribution in [3.05, 3.63) is 46.3 Å². The zero-order valence-electron chi connectivity index (χ0n) is 17.5. The molecule has 0 spiro atoms. The van der Waals surface area contributed by atoms with Crippen LogP contribution in [0.4, 0.5) is 0 Å². The Morgan fingerprint density at radius 3 is 2.38 bits per heavy atom. The van der Waals surface area contributed by atoms with E-state index >= 15 is 0 Å². The zero-order valence-corrected chi connectivity index (χ0v) is 19.2. The number of hydrogen-bond acceptors (Lipinski definition) is 10. The second-order valence-electron chi connectivity index (χ2n) is 7.01. The summed E-state index contributed by atoms with van der Waals surface area (Å²) >= 11 is 0. The van der Waals surface area contributed by atoms with Crippen LogP contribution in [0.5, 0.6) is 0 Å². The Hall–Kier alpha value is -2.26. The van der Waals surface area contributed by atoms with Crippen molar-refractivity contribution in [3.63, 3.8) is 0 Å². The smallest absolute Gasteiger partial charge is 0.264 e. The zero-order chi connectivity index (χ0) is 23.9. The maximum absolute atomic E-state index is 11.8. The summed E-state index contributed by atoms with van der Waals surface area (Å²) in [7, 11) is -8.03. The average Bonchev–Trinajstić information content (AvgIpc) is 2.67. The molecule has 2 rings (SSSR count). The molecule has 0 unspecified atom stereocenters. The maximum atomic E-state index is 11.8. The summed E-state index contributed by atoms with van der Waals surface area (Å²) in [4.78, 5) is 14.5. The number of ether oxygens (including phenoxy) is 2. The summed E-state index contributed by atoms with van der Waals surface area (Å²) in [6.07, 6.45) is -2.52. The number of azide groups is 1. The lowest BCUT2D eigenvalue weighted by Crippen LogP contribution is -2.64. The Bertz CT molecular complexity index is 1040. The molecule has 32 heavy (non-hydrogen) atoms. The second kappa shape index (κ2) is 11.0. The van der Waals surface area contributed by atoms with Crippen molar-refractivity contribution < 1.29 is 39.5 Å². The minimum Gasteiger partial charge on any atom is -0.348 e. The number of rotatable bonds is 10. The van der Waals surface area contributed by atoms with Crippen LogP contribution in [0.1, 0.15) is 12.5 Å². The third kappa shape index (κ3) is 8.35. The second-order valence-corrected chi connectivity index (χ2v) is 10.3. The van der Waals surface area contributed by atoms with Gasteiger partial charge in [0.2, 0.25) is 5.91 Å². The topological polar surface area (TPSA) is 183 Å². The van der Waals surface area contributed by atoms with Gasteiger partial charge in [-0.25, -0.2) is 0 Å². The highest BCUT2D eigenvalue weighted by molar-refractivity contribution is 7.86. The highest BCUT2D eigenvalue weighted by Gasteiger charge is 2.49. The van der Waals surface area contributed by atoms with Crippen molar-refractivity contribution in [3.8, 4) is 0 Å². The fourth-order valence-electron chi connectivity index (χ4n) is 3.05. The van der Waals surface area contributed by atoms with Crippen molar-refractivity contribution in [1.29, 1.82) is 0 Å². The first-order chi connectivity index (χ1) is 14.9. The quantitative estimate of drug-likeness (QED) is 0.209. The summed E-state index contributed by atoms with van der Waals surface area (Å²) < 4.78 is 67.9. The number of nitrogens with one attached hydrogen (secondary N) is 1. The minimum atomic E-state index is -4.11. The SMILES string of the molecule is CC(=O)N[C@H]1[C@@H](OCc2ccccc2)O[C@H](COS(C)(=O)=O)[C@H](OS(C)(=O)=O)[C@@H]1N=[N+]=[N-]. The van der Waals surface area contributed by atoms with Gasteiger partial charge >= 0.3 is 0 Å². The monoisotopic (exact) mass is 492 g/mol. The highest BCUT2D eigenvalue weighted by atomic mass is 32.2. The van der Waals surface area contributed by atoms with Crippen LogP contribution in [0.2, 0.25) is 0 Å². The van der Waals surface area contributed by atoms with Gasteiger partial charge in [0.15, 0.2) is 6.29 Å². The number of nitrogens with zero attached hydrogens (tertiary/aromatic N) is 3. The van der Waals surface area contributed by atoms with E-state index in [2.05, 4.69) is 15.3 Å². The Balaban J connectivity index is 2.41. The van der Waals surface area contributed by atoms with E-state index in [4.69, 9.17) is 23.4 Å². The van der Waals surface area contributed by atoms with Crippen molar-refractivity contribution in [1.82, 2.24) is 5.32 Å². The lowest BCUT2D eigenvalue weighted by molar-refractivity contribution is -0.244. The van der Waals surface area contributed by atoms with E-state index in [1.165, 1.54) is 6.92 Å².